The molecule has 5 nitrogen and oxygen atoms in total. The number of nitrogens with zero attached hydrogens (tertiary/aromatic N) is 3. The van der Waals surface area contributed by atoms with Crippen molar-refractivity contribution in [3.63, 3.8) is 0 Å². The number of hydrogen-bond donors (Lipinski definition) is 2. The van der Waals surface area contributed by atoms with E-state index in [2.05, 4.69) is 72.6 Å². The van der Waals surface area contributed by atoms with Gasteiger partial charge in [0.15, 0.2) is 5.96 Å². The Morgan fingerprint density at radius 2 is 1.92 bits per heavy atom. The van der Waals surface area contributed by atoms with Gasteiger partial charge in [0, 0.05) is 25.5 Å². The van der Waals surface area contributed by atoms with Gasteiger partial charge >= 0.3 is 0 Å². The number of halogens is 1. The first-order valence-corrected chi connectivity index (χ1v) is 9.18. The Morgan fingerprint density at radius 1 is 1.19 bits per heavy atom. The van der Waals surface area contributed by atoms with Crippen molar-refractivity contribution in [3.8, 4) is 0 Å². The fourth-order valence-electron chi connectivity index (χ4n) is 2.72. The van der Waals surface area contributed by atoms with Gasteiger partial charge in [0.05, 0.1) is 18.9 Å². The summed E-state index contributed by atoms with van der Waals surface area (Å²) in [5.41, 5.74) is 2.67. The maximum atomic E-state index is 4.66. The topological polar surface area (TPSA) is 54.2 Å². The maximum absolute atomic E-state index is 4.66. The Labute approximate surface area is 174 Å². The third-order valence-electron chi connectivity index (χ3n) is 4.01. The molecule has 144 valence electrons. The van der Waals surface area contributed by atoms with Gasteiger partial charge in [0.2, 0.25) is 0 Å². The summed E-state index contributed by atoms with van der Waals surface area (Å²) in [6.45, 7) is 11.1. The molecule has 6 heteroatoms. The second-order valence-electron chi connectivity index (χ2n) is 6.77. The zero-order valence-electron chi connectivity index (χ0n) is 16.3. The van der Waals surface area contributed by atoms with Crippen LogP contribution in [0.4, 0.5) is 0 Å². The Balaban J connectivity index is 0.00000338. The molecule has 1 aromatic heterocycles. The van der Waals surface area contributed by atoms with Crippen molar-refractivity contribution in [2.45, 2.75) is 46.7 Å². The first kappa shape index (κ1) is 22.5. The normalized spacial score (nSPS) is 12.6. The lowest BCUT2D eigenvalue weighted by molar-refractivity contribution is 0.645. The molecule has 1 atom stereocenters. The lowest BCUT2D eigenvalue weighted by Gasteiger charge is -2.18. The fraction of sp³-hybridized carbons (Fsp3) is 0.500. The molecule has 1 heterocycles. The zero-order chi connectivity index (χ0) is 18.1. The quantitative estimate of drug-likeness (QED) is 0.349. The SMILES string of the molecule is CCNC(=NCCn1ccnc1)NC(C)c1ccc(CC(C)C)cc1.I. The molecular formula is C20H32IN5. The number of imidazole rings is 1. The molecule has 2 N–H and O–H groups in total. The van der Waals surface area contributed by atoms with Crippen molar-refractivity contribution in [2.75, 3.05) is 13.1 Å². The monoisotopic (exact) mass is 469 g/mol. The van der Waals surface area contributed by atoms with Gasteiger partial charge in [-0.05, 0) is 37.3 Å². The summed E-state index contributed by atoms with van der Waals surface area (Å²) in [6, 6.07) is 9.10. The zero-order valence-corrected chi connectivity index (χ0v) is 18.6. The standard InChI is InChI=1S/C20H31N5.HI/c1-5-22-20(23-11-13-25-12-10-21-15-25)24-17(4)19-8-6-18(7-9-19)14-16(2)3;/h6-10,12,15-17H,5,11,13-14H2,1-4H3,(H2,22,23,24);1H. The number of guanidine groups is 1. The summed E-state index contributed by atoms with van der Waals surface area (Å²) in [5.74, 6) is 1.53. The number of rotatable bonds is 8. The van der Waals surface area contributed by atoms with E-state index >= 15 is 0 Å². The minimum atomic E-state index is 0. The molecule has 26 heavy (non-hydrogen) atoms. The first-order valence-electron chi connectivity index (χ1n) is 9.18. The molecule has 2 rings (SSSR count). The molecule has 0 aliphatic carbocycles. The van der Waals surface area contributed by atoms with Gasteiger partial charge in [0.1, 0.15) is 0 Å². The van der Waals surface area contributed by atoms with E-state index < -0.39 is 0 Å². The highest BCUT2D eigenvalue weighted by Gasteiger charge is 2.08. The minimum absolute atomic E-state index is 0. The minimum Gasteiger partial charge on any atom is -0.357 e. The highest BCUT2D eigenvalue weighted by atomic mass is 127. The summed E-state index contributed by atoms with van der Waals surface area (Å²) in [5, 5.41) is 6.80. The average Bonchev–Trinajstić information content (AvgIpc) is 3.08. The smallest absolute Gasteiger partial charge is 0.191 e. The van der Waals surface area contributed by atoms with Crippen molar-refractivity contribution >= 4 is 29.9 Å². The third-order valence-corrected chi connectivity index (χ3v) is 4.01. The van der Waals surface area contributed by atoms with Crippen LogP contribution >= 0.6 is 24.0 Å². The van der Waals surface area contributed by atoms with Gasteiger partial charge in [-0.2, -0.15) is 0 Å². The molecule has 1 aromatic carbocycles. The Kier molecular flexibility index (Phi) is 10.3. The first-order chi connectivity index (χ1) is 12.1. The van der Waals surface area contributed by atoms with Crippen LogP contribution in [0.25, 0.3) is 0 Å². The Bertz CT molecular complexity index is 635. The number of aromatic nitrogens is 2. The van der Waals surface area contributed by atoms with E-state index in [-0.39, 0.29) is 30.0 Å². The van der Waals surface area contributed by atoms with E-state index in [1.165, 1.54) is 11.1 Å². The molecule has 1 unspecified atom stereocenters. The summed E-state index contributed by atoms with van der Waals surface area (Å²) in [7, 11) is 0. The van der Waals surface area contributed by atoms with Crippen LogP contribution in [0, 0.1) is 5.92 Å². The molecule has 0 saturated heterocycles. The fourth-order valence-corrected chi connectivity index (χ4v) is 2.72. The van der Waals surface area contributed by atoms with Crippen LogP contribution in [-0.2, 0) is 13.0 Å². The molecule has 0 spiro atoms. The number of nitrogens with one attached hydrogen (secondary N) is 2. The average molecular weight is 469 g/mol. The van der Waals surface area contributed by atoms with Crippen LogP contribution in [0.1, 0.15) is 44.9 Å². The van der Waals surface area contributed by atoms with Gasteiger partial charge in [-0.1, -0.05) is 38.1 Å². The maximum Gasteiger partial charge on any atom is 0.191 e. The van der Waals surface area contributed by atoms with Crippen molar-refractivity contribution in [1.29, 1.82) is 0 Å². The van der Waals surface area contributed by atoms with Crippen molar-refractivity contribution in [1.82, 2.24) is 20.2 Å². The van der Waals surface area contributed by atoms with Crippen LogP contribution < -0.4 is 10.6 Å². The molecule has 0 fully saturated rings. The van der Waals surface area contributed by atoms with E-state index in [0.717, 1.165) is 25.5 Å². The summed E-state index contributed by atoms with van der Waals surface area (Å²) in [6.07, 6.45) is 6.69. The van der Waals surface area contributed by atoms with Gasteiger partial charge in [-0.3, -0.25) is 4.99 Å². The lowest BCUT2D eigenvalue weighted by atomic mass is 10.00. The molecule has 0 amide bonds. The molecular weight excluding hydrogens is 437 g/mol. The Hall–Kier alpha value is -1.57. The van der Waals surface area contributed by atoms with Gasteiger partial charge in [0.25, 0.3) is 0 Å². The van der Waals surface area contributed by atoms with Crippen LogP contribution in [0.15, 0.2) is 48.0 Å². The van der Waals surface area contributed by atoms with Crippen LogP contribution in [0.5, 0.6) is 0 Å². The summed E-state index contributed by atoms with van der Waals surface area (Å²) < 4.78 is 2.03. The summed E-state index contributed by atoms with van der Waals surface area (Å²) in [4.78, 5) is 8.71. The van der Waals surface area contributed by atoms with Gasteiger partial charge in [-0.25, -0.2) is 4.98 Å². The molecule has 0 aliphatic heterocycles. The number of benzene rings is 1. The van der Waals surface area contributed by atoms with Crippen molar-refractivity contribution in [2.24, 2.45) is 10.9 Å². The third kappa shape index (κ3) is 7.76. The number of aliphatic imine (C=N–C) groups is 1. The predicted octanol–water partition coefficient (Wildman–Crippen LogP) is 4.02. The molecule has 0 bridgehead atoms. The predicted molar refractivity (Wildman–Crippen MR) is 120 cm³/mol. The second-order valence-corrected chi connectivity index (χ2v) is 6.77. The highest BCUT2D eigenvalue weighted by Crippen LogP contribution is 2.15. The molecule has 0 aliphatic rings. The van der Waals surface area contributed by atoms with Crippen LogP contribution in [0.3, 0.4) is 0 Å². The van der Waals surface area contributed by atoms with E-state index in [4.69, 9.17) is 0 Å². The van der Waals surface area contributed by atoms with Gasteiger partial charge < -0.3 is 15.2 Å². The molecule has 0 saturated carbocycles. The van der Waals surface area contributed by atoms with E-state index in [0.29, 0.717) is 12.5 Å². The number of hydrogen-bond acceptors (Lipinski definition) is 2. The largest absolute Gasteiger partial charge is 0.357 e. The Morgan fingerprint density at radius 3 is 2.50 bits per heavy atom. The van der Waals surface area contributed by atoms with E-state index in [9.17, 15) is 0 Å². The van der Waals surface area contributed by atoms with Crippen LogP contribution in [-0.4, -0.2) is 28.6 Å². The highest BCUT2D eigenvalue weighted by molar-refractivity contribution is 14.0. The molecule has 2 aromatic rings. The van der Waals surface area contributed by atoms with E-state index in [1.54, 1.807) is 6.20 Å². The lowest BCUT2D eigenvalue weighted by Crippen LogP contribution is -2.39. The van der Waals surface area contributed by atoms with E-state index in [1.807, 2.05) is 17.1 Å². The van der Waals surface area contributed by atoms with Crippen molar-refractivity contribution < 1.29 is 0 Å². The second kappa shape index (κ2) is 11.9. The summed E-state index contributed by atoms with van der Waals surface area (Å²) >= 11 is 0. The van der Waals surface area contributed by atoms with Crippen molar-refractivity contribution in [3.05, 3.63) is 54.1 Å². The molecule has 0 radical (unpaired) electrons. The van der Waals surface area contributed by atoms with Gasteiger partial charge in [-0.15, -0.1) is 24.0 Å². The van der Waals surface area contributed by atoms with Crippen LogP contribution in [0.2, 0.25) is 0 Å².